The Morgan fingerprint density at radius 2 is 2.00 bits per heavy atom. The molecule has 1 atom stereocenters. The highest BCUT2D eigenvalue weighted by Crippen LogP contribution is 2.26. The molecule has 2 N–H and O–H groups in total. The van der Waals surface area contributed by atoms with Crippen LogP contribution in [0.5, 0.6) is 0 Å². The normalized spacial score (nSPS) is 22.2. The molecule has 1 aliphatic heterocycles. The number of hydrogen-bond acceptors (Lipinski definition) is 4. The number of rotatable bonds is 2. The maximum Gasteiger partial charge on any atom is 0.243 e. The van der Waals surface area contributed by atoms with Crippen molar-refractivity contribution in [3.05, 3.63) is 23.5 Å². The van der Waals surface area contributed by atoms with Crippen LogP contribution >= 0.6 is 0 Å². The first-order valence-corrected chi connectivity index (χ1v) is 8.43. The Morgan fingerprint density at radius 1 is 1.33 bits per heavy atom. The van der Waals surface area contributed by atoms with Gasteiger partial charge >= 0.3 is 0 Å². The van der Waals surface area contributed by atoms with Crippen LogP contribution in [0, 0.1) is 12.7 Å². The molecule has 0 radical (unpaired) electrons. The van der Waals surface area contributed by atoms with Gasteiger partial charge < -0.3 is 10.6 Å². The first-order valence-electron chi connectivity index (χ1n) is 6.99. The first-order chi connectivity index (χ1) is 9.73. The third kappa shape index (κ3) is 3.20. The molecule has 0 aliphatic carbocycles. The number of halogens is 1. The van der Waals surface area contributed by atoms with E-state index in [1.165, 1.54) is 17.3 Å². The van der Waals surface area contributed by atoms with E-state index in [1.807, 2.05) is 14.0 Å². The lowest BCUT2D eigenvalue weighted by Gasteiger charge is -2.27. The zero-order valence-electron chi connectivity index (χ0n) is 12.6. The first kappa shape index (κ1) is 16.2. The van der Waals surface area contributed by atoms with E-state index in [-0.39, 0.29) is 22.2 Å². The van der Waals surface area contributed by atoms with Crippen LogP contribution in [0.25, 0.3) is 0 Å². The molecule has 1 aromatic carbocycles. The van der Waals surface area contributed by atoms with E-state index in [4.69, 9.17) is 5.73 Å². The van der Waals surface area contributed by atoms with Crippen molar-refractivity contribution in [2.75, 3.05) is 32.4 Å². The number of nitrogen functional groups attached to an aromatic ring is 1. The predicted octanol–water partition coefficient (Wildman–Crippen LogP) is 1.43. The van der Waals surface area contributed by atoms with Gasteiger partial charge in [0.25, 0.3) is 0 Å². The summed E-state index contributed by atoms with van der Waals surface area (Å²) in [7, 11) is -1.76. The highest BCUT2D eigenvalue weighted by molar-refractivity contribution is 7.89. The number of anilines is 1. The van der Waals surface area contributed by atoms with Gasteiger partial charge in [0.2, 0.25) is 10.0 Å². The standard InChI is InChI=1S/C14H22FN3O2S/c1-10-9-17(3)5-4-6-18(10)21(19,20)12-7-13(15)11(2)14(16)8-12/h7-8,10H,4-6,9,16H2,1-3H3. The topological polar surface area (TPSA) is 66.6 Å². The maximum absolute atomic E-state index is 13.8. The van der Waals surface area contributed by atoms with Crippen molar-refractivity contribution in [1.82, 2.24) is 9.21 Å². The van der Waals surface area contributed by atoms with E-state index in [2.05, 4.69) is 4.90 Å². The van der Waals surface area contributed by atoms with Crippen molar-refractivity contribution < 1.29 is 12.8 Å². The summed E-state index contributed by atoms with van der Waals surface area (Å²) in [5.41, 5.74) is 6.14. The molecule has 0 amide bonds. The summed E-state index contributed by atoms with van der Waals surface area (Å²) in [6, 6.07) is 2.24. The lowest BCUT2D eigenvalue weighted by Crippen LogP contribution is -2.41. The Hall–Kier alpha value is -1.18. The van der Waals surface area contributed by atoms with Gasteiger partial charge in [-0.05, 0) is 46.0 Å². The van der Waals surface area contributed by atoms with Crippen LogP contribution < -0.4 is 5.73 Å². The number of hydrogen-bond donors (Lipinski definition) is 1. The van der Waals surface area contributed by atoms with E-state index in [9.17, 15) is 12.8 Å². The molecule has 1 saturated heterocycles. The van der Waals surface area contributed by atoms with E-state index in [0.29, 0.717) is 13.1 Å². The summed E-state index contributed by atoms with van der Waals surface area (Å²) in [6.07, 6.45) is 0.754. The molecule has 1 heterocycles. The van der Waals surface area contributed by atoms with Crippen LogP contribution in [0.4, 0.5) is 10.1 Å². The van der Waals surface area contributed by atoms with Crippen LogP contribution in [0.1, 0.15) is 18.9 Å². The van der Waals surface area contributed by atoms with Gasteiger partial charge in [-0.3, -0.25) is 0 Å². The average molecular weight is 315 g/mol. The van der Waals surface area contributed by atoms with Gasteiger partial charge in [0.1, 0.15) is 5.82 Å². The lowest BCUT2D eigenvalue weighted by atomic mass is 10.2. The summed E-state index contributed by atoms with van der Waals surface area (Å²) in [6.45, 7) is 5.34. The fraction of sp³-hybridized carbons (Fsp3) is 0.571. The van der Waals surface area contributed by atoms with Crippen LogP contribution in [-0.2, 0) is 10.0 Å². The van der Waals surface area contributed by atoms with E-state index in [1.54, 1.807) is 0 Å². The number of nitrogens with two attached hydrogens (primary N) is 1. The summed E-state index contributed by atoms with van der Waals surface area (Å²) in [5.74, 6) is -0.590. The Kier molecular flexibility index (Phi) is 4.55. The zero-order valence-corrected chi connectivity index (χ0v) is 13.5. The zero-order chi connectivity index (χ0) is 15.8. The minimum atomic E-state index is -3.73. The summed E-state index contributed by atoms with van der Waals surface area (Å²) in [4.78, 5) is 2.03. The van der Waals surface area contributed by atoms with Gasteiger partial charge in [0.15, 0.2) is 0 Å². The molecule has 118 valence electrons. The molecule has 0 saturated carbocycles. The third-order valence-corrected chi connectivity index (χ3v) is 5.94. The summed E-state index contributed by atoms with van der Waals surface area (Å²) in [5, 5.41) is 0. The summed E-state index contributed by atoms with van der Waals surface area (Å²) < 4.78 is 40.8. The number of benzene rings is 1. The van der Waals surface area contributed by atoms with Crippen LogP contribution in [0.15, 0.2) is 17.0 Å². The predicted molar refractivity (Wildman–Crippen MR) is 81.0 cm³/mol. The average Bonchev–Trinajstić information content (AvgIpc) is 2.56. The van der Waals surface area contributed by atoms with Gasteiger partial charge in [-0.2, -0.15) is 4.31 Å². The lowest BCUT2D eigenvalue weighted by molar-refractivity contribution is 0.290. The third-order valence-electron chi connectivity index (χ3n) is 3.95. The fourth-order valence-electron chi connectivity index (χ4n) is 2.67. The SMILES string of the molecule is Cc1c(N)cc(S(=O)(=O)N2CCCN(C)CC2C)cc1F. The van der Waals surface area contributed by atoms with E-state index in [0.717, 1.165) is 19.0 Å². The molecule has 1 aliphatic rings. The van der Waals surface area contributed by atoms with Crippen molar-refractivity contribution in [2.24, 2.45) is 0 Å². The van der Waals surface area contributed by atoms with Gasteiger partial charge in [-0.1, -0.05) is 0 Å². The molecule has 2 rings (SSSR count). The van der Waals surface area contributed by atoms with Crippen molar-refractivity contribution in [1.29, 1.82) is 0 Å². The number of likely N-dealkylation sites (N-methyl/N-ethyl adjacent to an activating group) is 1. The van der Waals surface area contributed by atoms with E-state index < -0.39 is 15.8 Å². The second kappa shape index (κ2) is 5.90. The molecule has 1 unspecified atom stereocenters. The molecular formula is C14H22FN3O2S. The molecule has 5 nitrogen and oxygen atoms in total. The molecule has 0 aromatic heterocycles. The molecular weight excluding hydrogens is 293 g/mol. The smallest absolute Gasteiger partial charge is 0.243 e. The fourth-order valence-corrected chi connectivity index (χ4v) is 4.37. The molecule has 7 heteroatoms. The van der Waals surface area contributed by atoms with Crippen LogP contribution in [0.3, 0.4) is 0 Å². The number of sulfonamides is 1. The molecule has 1 fully saturated rings. The molecule has 0 spiro atoms. The van der Waals surface area contributed by atoms with Crippen molar-refractivity contribution in [3.63, 3.8) is 0 Å². The minimum Gasteiger partial charge on any atom is -0.398 e. The van der Waals surface area contributed by atoms with Crippen LogP contribution in [-0.4, -0.2) is 50.3 Å². The Bertz CT molecular complexity index is 610. The summed E-state index contributed by atoms with van der Waals surface area (Å²) >= 11 is 0. The quantitative estimate of drug-likeness (QED) is 0.839. The second-order valence-corrected chi connectivity index (χ2v) is 7.59. The second-order valence-electron chi connectivity index (χ2n) is 5.70. The van der Waals surface area contributed by atoms with Gasteiger partial charge in [0.05, 0.1) is 4.90 Å². The Labute approximate surface area is 125 Å². The van der Waals surface area contributed by atoms with Gasteiger partial charge in [-0.25, -0.2) is 12.8 Å². The minimum absolute atomic E-state index is 0.0699. The van der Waals surface area contributed by atoms with Crippen molar-refractivity contribution in [2.45, 2.75) is 31.2 Å². The van der Waals surface area contributed by atoms with Gasteiger partial charge in [-0.15, -0.1) is 0 Å². The van der Waals surface area contributed by atoms with E-state index >= 15 is 0 Å². The Morgan fingerprint density at radius 3 is 2.62 bits per heavy atom. The van der Waals surface area contributed by atoms with Gasteiger partial charge in [0, 0.05) is 30.4 Å². The molecule has 0 bridgehead atoms. The largest absolute Gasteiger partial charge is 0.398 e. The molecule has 21 heavy (non-hydrogen) atoms. The van der Waals surface area contributed by atoms with Crippen molar-refractivity contribution in [3.8, 4) is 0 Å². The molecule has 1 aromatic rings. The maximum atomic E-state index is 13.8. The monoisotopic (exact) mass is 315 g/mol. The highest BCUT2D eigenvalue weighted by atomic mass is 32.2. The highest BCUT2D eigenvalue weighted by Gasteiger charge is 2.32. The van der Waals surface area contributed by atoms with Crippen molar-refractivity contribution >= 4 is 15.7 Å². The Balaban J connectivity index is 2.41. The van der Waals surface area contributed by atoms with Crippen LogP contribution in [0.2, 0.25) is 0 Å². The number of nitrogens with zero attached hydrogens (tertiary/aromatic N) is 2.